The van der Waals surface area contributed by atoms with Gasteiger partial charge in [-0.15, -0.1) is 0 Å². The zero-order valence-corrected chi connectivity index (χ0v) is 13.8. The molecule has 0 saturated heterocycles. The molecule has 2 aromatic rings. The Bertz CT molecular complexity index is 644. The molecule has 1 aromatic carbocycles. The molecule has 0 radical (unpaired) electrons. The van der Waals surface area contributed by atoms with Gasteiger partial charge in [0.2, 0.25) is 0 Å². The molecule has 1 aliphatic heterocycles. The fourth-order valence-corrected chi connectivity index (χ4v) is 2.93. The van der Waals surface area contributed by atoms with Crippen LogP contribution in [0.1, 0.15) is 24.3 Å². The van der Waals surface area contributed by atoms with E-state index in [1.165, 1.54) is 0 Å². The lowest BCUT2D eigenvalue weighted by Crippen LogP contribution is -2.22. The lowest BCUT2D eigenvalue weighted by Gasteiger charge is -2.23. The minimum absolute atomic E-state index is 0.135. The second-order valence-electron chi connectivity index (χ2n) is 4.65. The number of nitrogens with one attached hydrogen (secondary N) is 1. The summed E-state index contributed by atoms with van der Waals surface area (Å²) in [4.78, 5) is 0. The van der Waals surface area contributed by atoms with Crippen LogP contribution in [-0.2, 0) is 0 Å². The van der Waals surface area contributed by atoms with Gasteiger partial charge in [0.15, 0.2) is 16.2 Å². The van der Waals surface area contributed by atoms with Crippen molar-refractivity contribution in [3.8, 4) is 11.5 Å². The maximum atomic E-state index is 6.42. The Morgan fingerprint density at radius 2 is 1.95 bits per heavy atom. The Hall–Kier alpha value is -1.17. The molecule has 0 bridgehead atoms. The molecular weight excluding hydrogens is 358 g/mol. The Labute approximate surface area is 136 Å². The average Bonchev–Trinajstić information content (AvgIpc) is 2.91. The number of rotatable bonds is 4. The van der Waals surface area contributed by atoms with Gasteiger partial charge in [0.1, 0.15) is 19.0 Å². The van der Waals surface area contributed by atoms with E-state index in [1.54, 1.807) is 6.07 Å². The highest BCUT2D eigenvalue weighted by atomic mass is 79.9. The first-order valence-corrected chi connectivity index (χ1v) is 7.93. The molecule has 6 heteroatoms. The topological polar surface area (TPSA) is 43.6 Å². The molecule has 2 heterocycles. The zero-order valence-electron chi connectivity index (χ0n) is 11.5. The van der Waals surface area contributed by atoms with E-state index >= 15 is 0 Å². The number of hydrogen-bond acceptors (Lipinski definition) is 4. The highest BCUT2D eigenvalue weighted by Crippen LogP contribution is 2.39. The van der Waals surface area contributed by atoms with Crippen LogP contribution < -0.4 is 14.8 Å². The summed E-state index contributed by atoms with van der Waals surface area (Å²) in [5.74, 6) is 2.20. The fourth-order valence-electron chi connectivity index (χ4n) is 2.35. The molecule has 4 nitrogen and oxygen atoms in total. The number of fused-ring (bicyclic) bond motifs is 1. The molecule has 1 aliphatic rings. The van der Waals surface area contributed by atoms with Crippen LogP contribution in [0.25, 0.3) is 0 Å². The van der Waals surface area contributed by atoms with Gasteiger partial charge in [0.05, 0.1) is 6.04 Å². The largest absolute Gasteiger partial charge is 0.486 e. The number of benzene rings is 1. The molecule has 1 atom stereocenters. The Morgan fingerprint density at radius 3 is 2.57 bits per heavy atom. The van der Waals surface area contributed by atoms with Gasteiger partial charge in [-0.25, -0.2) is 0 Å². The molecule has 1 unspecified atom stereocenters. The Balaban J connectivity index is 2.02. The summed E-state index contributed by atoms with van der Waals surface area (Å²) in [6, 6.07) is 7.37. The first-order chi connectivity index (χ1) is 10.2. The van der Waals surface area contributed by atoms with Gasteiger partial charge < -0.3 is 19.2 Å². The second kappa shape index (κ2) is 6.30. The van der Waals surface area contributed by atoms with E-state index in [0.29, 0.717) is 34.4 Å². The minimum atomic E-state index is -0.135. The van der Waals surface area contributed by atoms with Crippen molar-refractivity contribution < 1.29 is 13.9 Å². The third kappa shape index (κ3) is 3.05. The summed E-state index contributed by atoms with van der Waals surface area (Å²) in [5, 5.41) is 4.00. The quantitative estimate of drug-likeness (QED) is 0.875. The van der Waals surface area contributed by atoms with E-state index in [1.807, 2.05) is 25.1 Å². The first-order valence-electron chi connectivity index (χ1n) is 6.76. The SMILES string of the molecule is CCNC(c1ccc(Br)o1)c1cc2c(cc1Cl)OCCO2. The lowest BCUT2D eigenvalue weighted by molar-refractivity contribution is 0.171. The standard InChI is InChI=1S/C15H15BrClNO3/c1-2-18-15(11-3-4-14(16)21-11)9-7-12-13(8-10(9)17)20-6-5-19-12/h3-4,7-8,15,18H,2,5-6H2,1H3. The Kier molecular flexibility index (Phi) is 4.42. The van der Waals surface area contributed by atoms with E-state index < -0.39 is 0 Å². The smallest absolute Gasteiger partial charge is 0.169 e. The van der Waals surface area contributed by atoms with Crippen molar-refractivity contribution >= 4 is 27.5 Å². The minimum Gasteiger partial charge on any atom is -0.486 e. The number of halogens is 2. The summed E-state index contributed by atoms with van der Waals surface area (Å²) in [5.41, 5.74) is 0.907. The lowest BCUT2D eigenvalue weighted by atomic mass is 10.0. The Morgan fingerprint density at radius 1 is 1.24 bits per heavy atom. The van der Waals surface area contributed by atoms with E-state index in [4.69, 9.17) is 25.5 Å². The van der Waals surface area contributed by atoms with Crippen molar-refractivity contribution in [3.05, 3.63) is 45.3 Å². The predicted molar refractivity (Wildman–Crippen MR) is 84.4 cm³/mol. The maximum Gasteiger partial charge on any atom is 0.169 e. The zero-order chi connectivity index (χ0) is 14.8. The van der Waals surface area contributed by atoms with Crippen molar-refractivity contribution in [2.24, 2.45) is 0 Å². The van der Waals surface area contributed by atoms with Crippen LogP contribution in [0.4, 0.5) is 0 Å². The third-order valence-electron chi connectivity index (χ3n) is 3.26. The highest BCUT2D eigenvalue weighted by Gasteiger charge is 2.23. The molecule has 0 spiro atoms. The summed E-state index contributed by atoms with van der Waals surface area (Å²) in [6.07, 6.45) is 0. The van der Waals surface area contributed by atoms with Gasteiger partial charge in [0.25, 0.3) is 0 Å². The molecule has 1 N–H and O–H groups in total. The van der Waals surface area contributed by atoms with Crippen LogP contribution in [0, 0.1) is 0 Å². The molecular formula is C15H15BrClNO3. The molecule has 0 fully saturated rings. The summed E-state index contributed by atoms with van der Waals surface area (Å²) >= 11 is 9.75. The molecule has 0 aliphatic carbocycles. The summed E-state index contributed by atoms with van der Waals surface area (Å²) in [7, 11) is 0. The number of furan rings is 1. The molecule has 0 amide bonds. The predicted octanol–water partition coefficient (Wildman–Crippen LogP) is 4.17. The van der Waals surface area contributed by atoms with Crippen LogP contribution in [0.2, 0.25) is 5.02 Å². The molecule has 112 valence electrons. The normalized spacial score (nSPS) is 15.0. The third-order valence-corrected chi connectivity index (χ3v) is 4.01. The van der Waals surface area contributed by atoms with E-state index in [9.17, 15) is 0 Å². The molecule has 1 aromatic heterocycles. The number of ether oxygens (including phenoxy) is 2. The highest BCUT2D eigenvalue weighted by molar-refractivity contribution is 9.10. The molecule has 0 saturated carbocycles. The van der Waals surface area contributed by atoms with Gasteiger partial charge in [-0.2, -0.15) is 0 Å². The van der Waals surface area contributed by atoms with Crippen molar-refractivity contribution in [2.45, 2.75) is 13.0 Å². The summed E-state index contributed by atoms with van der Waals surface area (Å²) < 4.78 is 17.5. The van der Waals surface area contributed by atoms with Crippen LogP contribution >= 0.6 is 27.5 Å². The number of hydrogen-bond donors (Lipinski definition) is 1. The van der Waals surface area contributed by atoms with Gasteiger partial charge in [-0.3, -0.25) is 0 Å². The van der Waals surface area contributed by atoms with Gasteiger partial charge in [0, 0.05) is 11.1 Å². The van der Waals surface area contributed by atoms with Crippen LogP contribution in [0.15, 0.2) is 33.4 Å². The van der Waals surface area contributed by atoms with Gasteiger partial charge in [-0.1, -0.05) is 18.5 Å². The fraction of sp³-hybridized carbons (Fsp3) is 0.333. The summed E-state index contributed by atoms with van der Waals surface area (Å²) in [6.45, 7) is 3.92. The van der Waals surface area contributed by atoms with E-state index in [2.05, 4.69) is 21.2 Å². The average molecular weight is 373 g/mol. The van der Waals surface area contributed by atoms with E-state index in [-0.39, 0.29) is 6.04 Å². The van der Waals surface area contributed by atoms with Crippen LogP contribution in [0.5, 0.6) is 11.5 Å². The van der Waals surface area contributed by atoms with Crippen molar-refractivity contribution in [1.29, 1.82) is 0 Å². The molecule has 3 rings (SSSR count). The van der Waals surface area contributed by atoms with Gasteiger partial charge >= 0.3 is 0 Å². The van der Waals surface area contributed by atoms with Crippen molar-refractivity contribution in [2.75, 3.05) is 19.8 Å². The van der Waals surface area contributed by atoms with Crippen molar-refractivity contribution in [3.63, 3.8) is 0 Å². The van der Waals surface area contributed by atoms with Crippen LogP contribution in [-0.4, -0.2) is 19.8 Å². The molecule has 21 heavy (non-hydrogen) atoms. The van der Waals surface area contributed by atoms with Crippen molar-refractivity contribution in [1.82, 2.24) is 5.32 Å². The monoisotopic (exact) mass is 371 g/mol. The first kappa shape index (κ1) is 14.8. The van der Waals surface area contributed by atoms with Gasteiger partial charge in [-0.05, 0) is 46.2 Å². The maximum absolute atomic E-state index is 6.42. The van der Waals surface area contributed by atoms with Crippen LogP contribution in [0.3, 0.4) is 0 Å². The van der Waals surface area contributed by atoms with E-state index in [0.717, 1.165) is 17.9 Å². The second-order valence-corrected chi connectivity index (χ2v) is 5.84.